The molecule has 7 heteroatoms. The van der Waals surface area contributed by atoms with Crippen LogP contribution in [0.15, 0.2) is 0 Å². The lowest BCUT2D eigenvalue weighted by Gasteiger charge is -2.23. The van der Waals surface area contributed by atoms with Gasteiger partial charge in [0.15, 0.2) is 0 Å². The highest BCUT2D eigenvalue weighted by molar-refractivity contribution is 5.99. The predicted molar refractivity (Wildman–Crippen MR) is 81.9 cm³/mol. The van der Waals surface area contributed by atoms with E-state index in [0.717, 1.165) is 0 Å². The maximum Gasteiger partial charge on any atom is 0.274 e. The van der Waals surface area contributed by atoms with Gasteiger partial charge in [-0.15, -0.1) is 0 Å². The normalized spacial score (nSPS) is 10.5. The van der Waals surface area contributed by atoms with Crippen molar-refractivity contribution < 1.29 is 9.59 Å². The number of hydrogen-bond donors (Lipinski definition) is 1. The molecule has 2 N–H and O–H groups in total. The second kappa shape index (κ2) is 7.10. The van der Waals surface area contributed by atoms with Gasteiger partial charge in [-0.3, -0.25) is 14.3 Å². The van der Waals surface area contributed by atoms with E-state index in [9.17, 15) is 9.59 Å². The number of aromatic nitrogens is 2. The Morgan fingerprint density at radius 1 is 1.24 bits per heavy atom. The number of nitrogen functional groups attached to an aromatic ring is 1. The Balaban J connectivity index is 2.91. The molecule has 0 aliphatic heterocycles. The van der Waals surface area contributed by atoms with Gasteiger partial charge in [-0.25, -0.2) is 0 Å². The summed E-state index contributed by atoms with van der Waals surface area (Å²) in [6.45, 7) is 9.33. The number of aryl methyl sites for hydroxylation is 2. The first-order valence-electron chi connectivity index (χ1n) is 7.23. The van der Waals surface area contributed by atoms with E-state index in [4.69, 9.17) is 5.73 Å². The lowest BCUT2D eigenvalue weighted by Crippen LogP contribution is -2.41. The van der Waals surface area contributed by atoms with Gasteiger partial charge in [0.25, 0.3) is 5.91 Å². The third kappa shape index (κ3) is 3.53. The number of hydrogen-bond acceptors (Lipinski definition) is 4. The zero-order valence-corrected chi connectivity index (χ0v) is 13.5. The summed E-state index contributed by atoms with van der Waals surface area (Å²) in [5.74, 6) is -0.357. The summed E-state index contributed by atoms with van der Waals surface area (Å²) in [5.41, 5.74) is 7.29. The predicted octanol–water partition coefficient (Wildman–Crippen LogP) is 0.734. The number of nitrogens with zero attached hydrogens (tertiary/aromatic N) is 4. The molecule has 0 saturated carbocycles. The van der Waals surface area contributed by atoms with E-state index in [0.29, 0.717) is 36.7 Å². The molecular weight excluding hydrogens is 270 g/mol. The summed E-state index contributed by atoms with van der Waals surface area (Å²) in [5, 5.41) is 4.23. The number of anilines is 1. The molecule has 1 aromatic heterocycles. The molecule has 0 aliphatic carbocycles. The first-order valence-corrected chi connectivity index (χ1v) is 7.23. The molecule has 0 aromatic carbocycles. The third-order valence-electron chi connectivity index (χ3n) is 3.51. The Morgan fingerprint density at radius 3 is 2.29 bits per heavy atom. The van der Waals surface area contributed by atoms with Crippen LogP contribution in [-0.2, 0) is 11.3 Å². The Bertz CT molecular complexity index is 520. The molecule has 0 spiro atoms. The summed E-state index contributed by atoms with van der Waals surface area (Å²) in [6, 6.07) is 0. The maximum atomic E-state index is 12.5. The van der Waals surface area contributed by atoms with Gasteiger partial charge in [-0.2, -0.15) is 5.10 Å². The molecule has 0 radical (unpaired) electrons. The van der Waals surface area contributed by atoms with Crippen molar-refractivity contribution in [2.24, 2.45) is 0 Å². The quantitative estimate of drug-likeness (QED) is 0.838. The van der Waals surface area contributed by atoms with E-state index < -0.39 is 0 Å². The summed E-state index contributed by atoms with van der Waals surface area (Å²) in [6.07, 6.45) is 0. The Hall–Kier alpha value is -2.05. The molecule has 118 valence electrons. The van der Waals surface area contributed by atoms with E-state index in [1.807, 2.05) is 20.8 Å². The van der Waals surface area contributed by atoms with Crippen LogP contribution in [0.25, 0.3) is 0 Å². The number of rotatable bonds is 6. The van der Waals surface area contributed by atoms with Crippen LogP contribution in [0.3, 0.4) is 0 Å². The van der Waals surface area contributed by atoms with E-state index in [2.05, 4.69) is 5.10 Å². The molecule has 1 aromatic rings. The van der Waals surface area contributed by atoms with Gasteiger partial charge < -0.3 is 15.5 Å². The van der Waals surface area contributed by atoms with E-state index in [1.165, 1.54) is 4.90 Å². The average Bonchev–Trinajstić information content (AvgIpc) is 2.74. The minimum atomic E-state index is -0.282. The van der Waals surface area contributed by atoms with Gasteiger partial charge in [-0.1, -0.05) is 0 Å². The molecule has 0 bridgehead atoms. The summed E-state index contributed by atoms with van der Waals surface area (Å²) in [7, 11) is 1.60. The highest BCUT2D eigenvalue weighted by Crippen LogP contribution is 2.18. The van der Waals surface area contributed by atoms with Gasteiger partial charge in [0.2, 0.25) is 5.91 Å². The highest BCUT2D eigenvalue weighted by Gasteiger charge is 2.24. The summed E-state index contributed by atoms with van der Waals surface area (Å²) in [4.78, 5) is 27.7. The second-order valence-corrected chi connectivity index (χ2v) is 4.89. The molecule has 0 fully saturated rings. The average molecular weight is 295 g/mol. The van der Waals surface area contributed by atoms with Crippen LogP contribution < -0.4 is 5.73 Å². The molecule has 0 saturated heterocycles. The van der Waals surface area contributed by atoms with Crippen molar-refractivity contribution in [3.05, 3.63) is 11.4 Å². The molecule has 1 heterocycles. The molecule has 0 aliphatic rings. The van der Waals surface area contributed by atoms with Gasteiger partial charge in [0.1, 0.15) is 5.69 Å². The third-order valence-corrected chi connectivity index (χ3v) is 3.51. The van der Waals surface area contributed by atoms with Gasteiger partial charge >= 0.3 is 0 Å². The summed E-state index contributed by atoms with van der Waals surface area (Å²) >= 11 is 0. The van der Waals surface area contributed by atoms with Crippen molar-refractivity contribution in [1.29, 1.82) is 0 Å². The first-order chi connectivity index (χ1) is 9.87. The smallest absolute Gasteiger partial charge is 0.274 e. The molecule has 1 rings (SSSR count). The van der Waals surface area contributed by atoms with Crippen LogP contribution in [0.5, 0.6) is 0 Å². The van der Waals surface area contributed by atoms with E-state index in [1.54, 1.807) is 23.6 Å². The largest absolute Gasteiger partial charge is 0.395 e. The standard InChI is InChI=1S/C14H25N5O2/c1-6-18(7-2)11(20)9-17(5)14(21)13-12(15)10(4)16-19(13)8-3/h6-9,15H2,1-5H3. The van der Waals surface area contributed by atoms with Crippen LogP contribution in [0, 0.1) is 6.92 Å². The fourth-order valence-electron chi connectivity index (χ4n) is 2.18. The van der Waals surface area contributed by atoms with E-state index in [-0.39, 0.29) is 18.4 Å². The van der Waals surface area contributed by atoms with Crippen LogP contribution in [0.1, 0.15) is 37.0 Å². The molecule has 7 nitrogen and oxygen atoms in total. The number of likely N-dealkylation sites (N-methyl/N-ethyl adjacent to an activating group) is 2. The van der Waals surface area contributed by atoms with Gasteiger partial charge in [-0.05, 0) is 27.7 Å². The first kappa shape index (κ1) is 17.0. The minimum Gasteiger partial charge on any atom is -0.395 e. The van der Waals surface area contributed by atoms with E-state index >= 15 is 0 Å². The summed E-state index contributed by atoms with van der Waals surface area (Å²) < 4.78 is 1.57. The SMILES string of the molecule is CCN(CC)C(=O)CN(C)C(=O)c1c(N)c(C)nn1CC. The lowest BCUT2D eigenvalue weighted by molar-refractivity contribution is -0.131. The topological polar surface area (TPSA) is 84.5 Å². The number of carbonyl (C=O) groups excluding carboxylic acids is 2. The Morgan fingerprint density at radius 2 is 1.81 bits per heavy atom. The van der Waals surface area contributed by atoms with Crippen LogP contribution in [0.4, 0.5) is 5.69 Å². The van der Waals surface area contributed by atoms with Crippen LogP contribution >= 0.6 is 0 Å². The van der Waals surface area contributed by atoms with Crippen molar-refractivity contribution in [2.75, 3.05) is 32.4 Å². The van der Waals surface area contributed by atoms with Crippen molar-refractivity contribution in [3.8, 4) is 0 Å². The van der Waals surface area contributed by atoms with Crippen molar-refractivity contribution in [1.82, 2.24) is 19.6 Å². The van der Waals surface area contributed by atoms with Crippen molar-refractivity contribution >= 4 is 17.5 Å². The van der Waals surface area contributed by atoms with Crippen molar-refractivity contribution in [3.63, 3.8) is 0 Å². The van der Waals surface area contributed by atoms with Crippen LogP contribution in [0.2, 0.25) is 0 Å². The Kier molecular flexibility index (Phi) is 5.75. The van der Waals surface area contributed by atoms with Gasteiger partial charge in [0.05, 0.1) is 17.9 Å². The number of nitrogens with two attached hydrogens (primary N) is 1. The Labute approximate surface area is 125 Å². The number of amides is 2. The minimum absolute atomic E-state index is 0.0356. The molecule has 0 unspecified atom stereocenters. The molecule has 2 amide bonds. The van der Waals surface area contributed by atoms with Gasteiger partial charge in [0, 0.05) is 26.7 Å². The zero-order valence-electron chi connectivity index (χ0n) is 13.5. The molecular formula is C14H25N5O2. The zero-order chi connectivity index (χ0) is 16.2. The number of carbonyl (C=O) groups is 2. The molecule has 0 atom stereocenters. The molecule has 21 heavy (non-hydrogen) atoms. The van der Waals surface area contributed by atoms with Crippen LogP contribution in [-0.4, -0.2) is 58.1 Å². The fraction of sp³-hybridized carbons (Fsp3) is 0.643. The monoisotopic (exact) mass is 295 g/mol. The van der Waals surface area contributed by atoms with Crippen molar-refractivity contribution in [2.45, 2.75) is 34.2 Å². The lowest BCUT2D eigenvalue weighted by atomic mass is 10.2. The fourth-order valence-corrected chi connectivity index (χ4v) is 2.18. The maximum absolute atomic E-state index is 12.5. The highest BCUT2D eigenvalue weighted by atomic mass is 16.2. The second-order valence-electron chi connectivity index (χ2n) is 4.89.